The number of amides is 3. The van der Waals surface area contributed by atoms with E-state index in [0.29, 0.717) is 12.2 Å². The summed E-state index contributed by atoms with van der Waals surface area (Å²) in [6.07, 6.45) is 3.99. The predicted octanol–water partition coefficient (Wildman–Crippen LogP) is 3.90. The van der Waals surface area contributed by atoms with Crippen molar-refractivity contribution in [1.29, 1.82) is 0 Å². The van der Waals surface area contributed by atoms with Gasteiger partial charge < -0.3 is 20.7 Å². The fraction of sp³-hybridized carbons (Fsp3) is 0.452. The number of benzene rings is 2. The van der Waals surface area contributed by atoms with Crippen LogP contribution in [0.15, 0.2) is 60.8 Å². The Labute approximate surface area is 232 Å². The van der Waals surface area contributed by atoms with Crippen LogP contribution in [0.2, 0.25) is 0 Å². The molecule has 0 saturated heterocycles. The largest absolute Gasteiger partial charge is 0.483 e. The van der Waals surface area contributed by atoms with Crippen LogP contribution in [0.25, 0.3) is 6.08 Å². The minimum Gasteiger partial charge on any atom is -0.483 e. The number of carbonyl (C=O) groups excluding carboxylic acids is 3. The first-order chi connectivity index (χ1) is 18.7. The van der Waals surface area contributed by atoms with E-state index in [1.54, 1.807) is 12.3 Å². The van der Waals surface area contributed by atoms with E-state index in [2.05, 4.69) is 16.0 Å². The summed E-state index contributed by atoms with van der Waals surface area (Å²) >= 11 is 0. The van der Waals surface area contributed by atoms with Gasteiger partial charge in [0.15, 0.2) is 6.10 Å². The molecular weight excluding hydrogens is 492 g/mol. The van der Waals surface area contributed by atoms with Crippen LogP contribution in [0.1, 0.15) is 57.8 Å². The maximum Gasteiger partial charge on any atom is 0.247 e. The van der Waals surface area contributed by atoms with Crippen molar-refractivity contribution < 1.29 is 19.1 Å². The number of rotatable bonds is 8. The highest BCUT2D eigenvalue weighted by atomic mass is 16.5. The summed E-state index contributed by atoms with van der Waals surface area (Å²) in [7, 11) is 3.71. The summed E-state index contributed by atoms with van der Waals surface area (Å²) in [4.78, 5) is 42.8. The normalized spacial score (nSPS) is 23.0. The van der Waals surface area contributed by atoms with Crippen molar-refractivity contribution in [3.63, 3.8) is 0 Å². The molecule has 210 valence electrons. The van der Waals surface area contributed by atoms with Gasteiger partial charge in [-0.15, -0.1) is 0 Å². The van der Waals surface area contributed by atoms with Gasteiger partial charge in [0.05, 0.1) is 6.04 Å². The quantitative estimate of drug-likeness (QED) is 0.477. The van der Waals surface area contributed by atoms with Gasteiger partial charge >= 0.3 is 0 Å². The van der Waals surface area contributed by atoms with Gasteiger partial charge in [-0.25, -0.2) is 0 Å². The van der Waals surface area contributed by atoms with Crippen LogP contribution in [0, 0.1) is 11.8 Å². The van der Waals surface area contributed by atoms with E-state index >= 15 is 0 Å². The molecule has 0 saturated carbocycles. The number of fused-ring (bicyclic) bond motifs is 10. The number of hydrogen-bond donors (Lipinski definition) is 3. The third-order valence-corrected chi connectivity index (χ3v) is 7.46. The van der Waals surface area contributed by atoms with E-state index in [9.17, 15) is 14.4 Å². The number of nitrogens with one attached hydrogen (secondary N) is 3. The molecule has 0 fully saturated rings. The molecule has 8 nitrogen and oxygen atoms in total. The van der Waals surface area contributed by atoms with Gasteiger partial charge in [0, 0.05) is 6.20 Å². The second-order valence-corrected chi connectivity index (χ2v) is 10.5. The van der Waals surface area contributed by atoms with Crippen molar-refractivity contribution in [1.82, 2.24) is 20.9 Å². The zero-order valence-corrected chi connectivity index (χ0v) is 23.8. The lowest BCUT2D eigenvalue weighted by Gasteiger charge is -2.34. The molecule has 39 heavy (non-hydrogen) atoms. The molecular formula is C31H42N4O4. The van der Waals surface area contributed by atoms with Crippen LogP contribution < -0.4 is 20.7 Å². The molecule has 0 unspecified atom stereocenters. The van der Waals surface area contributed by atoms with Gasteiger partial charge in [-0.2, -0.15) is 0 Å². The van der Waals surface area contributed by atoms with Crippen molar-refractivity contribution in [2.75, 3.05) is 14.1 Å². The fourth-order valence-corrected chi connectivity index (χ4v) is 4.77. The monoisotopic (exact) mass is 534 g/mol. The minimum atomic E-state index is -1.11. The minimum absolute atomic E-state index is 0.0515. The Bertz CT molecular complexity index is 1130. The molecule has 3 N–H and O–H groups in total. The Kier molecular flexibility index (Phi) is 10.7. The molecule has 8 heteroatoms. The summed E-state index contributed by atoms with van der Waals surface area (Å²) in [5, 5.41) is 8.75. The molecule has 0 aliphatic carbocycles. The van der Waals surface area contributed by atoms with Crippen LogP contribution in [-0.4, -0.2) is 54.8 Å². The van der Waals surface area contributed by atoms with Crippen molar-refractivity contribution in [2.24, 2.45) is 11.8 Å². The molecule has 2 aromatic carbocycles. The van der Waals surface area contributed by atoms with Gasteiger partial charge in [-0.05, 0) is 55.3 Å². The molecule has 0 radical (unpaired) electrons. The number of carbonyl (C=O) groups is 3. The van der Waals surface area contributed by atoms with Gasteiger partial charge in [-0.1, -0.05) is 83.0 Å². The SMILES string of the molecule is CC[C@@H](C)[C@@H]1NC(=O)[C@@H](NC(=O)[C@H]([C@H](C)CC)N(C)C)[C@@H](c2ccccc2)Oc2ccc(cc2)/C=C/NC1=O. The Morgan fingerprint density at radius 2 is 1.64 bits per heavy atom. The maximum atomic E-state index is 14.0. The third-order valence-electron chi connectivity index (χ3n) is 7.46. The maximum absolute atomic E-state index is 14.0. The average molecular weight is 535 g/mol. The molecule has 3 amide bonds. The summed E-state index contributed by atoms with van der Waals surface area (Å²) in [6, 6.07) is 14.4. The Hall–Kier alpha value is -3.65. The molecule has 2 bridgehead atoms. The van der Waals surface area contributed by atoms with E-state index in [4.69, 9.17) is 4.74 Å². The Morgan fingerprint density at radius 1 is 0.974 bits per heavy atom. The van der Waals surface area contributed by atoms with Crippen molar-refractivity contribution in [2.45, 2.75) is 64.8 Å². The number of hydrogen-bond acceptors (Lipinski definition) is 5. The highest BCUT2D eigenvalue weighted by molar-refractivity contribution is 5.94. The van der Waals surface area contributed by atoms with Gasteiger partial charge in [0.2, 0.25) is 17.7 Å². The molecule has 2 aliphatic heterocycles. The lowest BCUT2D eigenvalue weighted by atomic mass is 9.94. The van der Waals surface area contributed by atoms with E-state index in [0.717, 1.165) is 17.5 Å². The van der Waals surface area contributed by atoms with Gasteiger partial charge in [0.25, 0.3) is 0 Å². The predicted molar refractivity (Wildman–Crippen MR) is 154 cm³/mol. The summed E-state index contributed by atoms with van der Waals surface area (Å²) in [6.45, 7) is 7.93. The van der Waals surface area contributed by atoms with E-state index in [1.165, 1.54) is 0 Å². The van der Waals surface area contributed by atoms with Crippen LogP contribution in [0.5, 0.6) is 5.75 Å². The zero-order chi connectivity index (χ0) is 28.5. The van der Waals surface area contributed by atoms with Crippen LogP contribution in [-0.2, 0) is 14.4 Å². The first-order valence-electron chi connectivity index (χ1n) is 13.7. The molecule has 2 heterocycles. The fourth-order valence-electron chi connectivity index (χ4n) is 4.77. The Balaban J connectivity index is 2.13. The highest BCUT2D eigenvalue weighted by Crippen LogP contribution is 2.27. The summed E-state index contributed by atoms with van der Waals surface area (Å²) in [5.74, 6) is -0.624. The highest BCUT2D eigenvalue weighted by Gasteiger charge is 2.38. The van der Waals surface area contributed by atoms with Crippen LogP contribution in [0.3, 0.4) is 0 Å². The van der Waals surface area contributed by atoms with E-state index in [-0.39, 0.29) is 23.7 Å². The van der Waals surface area contributed by atoms with Crippen molar-refractivity contribution in [3.05, 3.63) is 71.9 Å². The first-order valence-corrected chi connectivity index (χ1v) is 13.7. The summed E-state index contributed by atoms with van der Waals surface area (Å²) < 4.78 is 6.44. The standard InChI is InChI=1S/C31H42N4O4/c1-7-20(3)25-29(36)32-19-18-22-14-16-24(17-15-22)39-28(23-12-10-9-11-13-23)26(30(37)33-25)34-31(38)27(35(5)6)21(4)8-2/h9-21,25-28H,7-8H2,1-6H3,(H,32,36)(H,33,37)(H,34,38)/b19-18+/t20-,21-,25+,26+,27+,28-/m1/s1. The van der Waals surface area contributed by atoms with Crippen LogP contribution in [0.4, 0.5) is 0 Å². The average Bonchev–Trinajstić information content (AvgIpc) is 2.93. The van der Waals surface area contributed by atoms with E-state index < -0.39 is 30.1 Å². The van der Waals surface area contributed by atoms with Crippen molar-refractivity contribution >= 4 is 23.8 Å². The Morgan fingerprint density at radius 3 is 2.23 bits per heavy atom. The van der Waals surface area contributed by atoms with Crippen LogP contribution >= 0.6 is 0 Å². The van der Waals surface area contributed by atoms with Gasteiger partial charge in [-0.3, -0.25) is 19.3 Å². The smallest absolute Gasteiger partial charge is 0.247 e. The second-order valence-electron chi connectivity index (χ2n) is 10.5. The van der Waals surface area contributed by atoms with E-state index in [1.807, 2.05) is 101 Å². The summed E-state index contributed by atoms with van der Waals surface area (Å²) in [5.41, 5.74) is 1.61. The first kappa shape index (κ1) is 29.9. The zero-order valence-electron chi connectivity index (χ0n) is 23.8. The molecule has 6 atom stereocenters. The molecule has 2 aliphatic rings. The van der Waals surface area contributed by atoms with Crippen molar-refractivity contribution in [3.8, 4) is 5.75 Å². The number of likely N-dealkylation sites (N-methyl/N-ethyl adjacent to an activating group) is 1. The molecule has 0 spiro atoms. The lowest BCUT2D eigenvalue weighted by Crippen LogP contribution is -2.60. The molecule has 0 aromatic heterocycles. The molecule has 2 aromatic rings. The topological polar surface area (TPSA) is 99.8 Å². The third kappa shape index (κ3) is 7.69. The van der Waals surface area contributed by atoms with Gasteiger partial charge in [0.1, 0.15) is 17.8 Å². The number of nitrogens with zero attached hydrogens (tertiary/aromatic N) is 1. The number of ether oxygens (including phenoxy) is 1. The second kappa shape index (κ2) is 13.9. The molecule has 4 rings (SSSR count). The lowest BCUT2D eigenvalue weighted by molar-refractivity contribution is -0.136.